The van der Waals surface area contributed by atoms with Gasteiger partial charge in [0.1, 0.15) is 18.7 Å². The first-order valence-corrected chi connectivity index (χ1v) is 7.92. The minimum absolute atomic E-state index is 0.259. The van der Waals surface area contributed by atoms with E-state index in [0.29, 0.717) is 22.4 Å². The molecule has 2 aromatic carbocycles. The fraction of sp³-hybridized carbons (Fsp3) is 0.111. The summed E-state index contributed by atoms with van der Waals surface area (Å²) in [5.74, 6) is -0.780. The van der Waals surface area contributed by atoms with Crippen molar-refractivity contribution < 1.29 is 9.18 Å². The molecule has 0 aliphatic heterocycles. The van der Waals surface area contributed by atoms with Gasteiger partial charge in [0.2, 0.25) is 5.91 Å². The molecule has 130 valence electrons. The van der Waals surface area contributed by atoms with Gasteiger partial charge in [-0.05, 0) is 42.8 Å². The maximum atomic E-state index is 13.3. The van der Waals surface area contributed by atoms with E-state index in [0.717, 1.165) is 10.1 Å². The van der Waals surface area contributed by atoms with Crippen LogP contribution in [0.1, 0.15) is 5.56 Å². The number of aryl methyl sites for hydroxylation is 1. The highest BCUT2D eigenvalue weighted by Gasteiger charge is 2.13. The second-order valence-corrected chi connectivity index (χ2v) is 5.91. The van der Waals surface area contributed by atoms with Gasteiger partial charge in [0.25, 0.3) is 0 Å². The third-order valence-electron chi connectivity index (χ3n) is 4.06. The summed E-state index contributed by atoms with van der Waals surface area (Å²) >= 11 is 0. The second-order valence-electron chi connectivity index (χ2n) is 5.91. The van der Waals surface area contributed by atoms with Crippen LogP contribution in [0.2, 0.25) is 0 Å². The molecule has 1 N–H and O–H groups in total. The van der Waals surface area contributed by atoms with Crippen LogP contribution in [0.25, 0.3) is 16.6 Å². The minimum Gasteiger partial charge on any atom is -0.324 e. The van der Waals surface area contributed by atoms with E-state index >= 15 is 0 Å². The number of benzene rings is 2. The monoisotopic (exact) mass is 351 g/mol. The molecule has 2 aromatic heterocycles. The van der Waals surface area contributed by atoms with E-state index in [9.17, 15) is 14.0 Å². The molecule has 8 heteroatoms. The molecule has 4 aromatic rings. The van der Waals surface area contributed by atoms with Gasteiger partial charge in [-0.2, -0.15) is 0 Å². The molecular weight excluding hydrogens is 337 g/mol. The Morgan fingerprint density at radius 2 is 2.04 bits per heavy atom. The molecule has 0 bridgehead atoms. The lowest BCUT2D eigenvalue weighted by Gasteiger charge is -2.06. The fourth-order valence-electron chi connectivity index (χ4n) is 2.77. The Hall–Kier alpha value is -3.55. The number of aromatic nitrogens is 4. The first-order chi connectivity index (χ1) is 12.5. The van der Waals surface area contributed by atoms with Crippen molar-refractivity contribution in [1.82, 2.24) is 19.2 Å². The number of fused-ring (bicyclic) bond motifs is 3. The van der Waals surface area contributed by atoms with Crippen molar-refractivity contribution in [2.75, 3.05) is 5.32 Å². The van der Waals surface area contributed by atoms with Gasteiger partial charge in [0, 0.05) is 11.1 Å². The standard InChI is InChI=1S/C18H14FN5O2/c1-11-8-12(6-7-14(11)19)21-16(25)9-24-18(26)23-10-20-15-5-3-2-4-13(15)17(23)22-24/h2-8,10H,9H2,1H3,(H,21,25). The SMILES string of the molecule is Cc1cc(NC(=O)Cn2nc3c4ccccc4ncn3c2=O)ccc1F. The van der Waals surface area contributed by atoms with Crippen molar-refractivity contribution in [3.8, 4) is 0 Å². The van der Waals surface area contributed by atoms with Crippen molar-refractivity contribution in [2.45, 2.75) is 13.5 Å². The first-order valence-electron chi connectivity index (χ1n) is 7.92. The molecule has 0 radical (unpaired) electrons. The molecular formula is C18H14FN5O2. The van der Waals surface area contributed by atoms with E-state index in [1.165, 1.54) is 28.9 Å². The number of carbonyl (C=O) groups is 1. The van der Waals surface area contributed by atoms with Gasteiger partial charge in [-0.15, -0.1) is 5.10 Å². The van der Waals surface area contributed by atoms with E-state index < -0.39 is 11.6 Å². The predicted molar refractivity (Wildman–Crippen MR) is 94.5 cm³/mol. The van der Waals surface area contributed by atoms with Gasteiger partial charge in [0.15, 0.2) is 5.65 Å². The summed E-state index contributed by atoms with van der Waals surface area (Å²) in [5.41, 5.74) is 1.57. The summed E-state index contributed by atoms with van der Waals surface area (Å²) in [5, 5.41) is 7.62. The van der Waals surface area contributed by atoms with E-state index in [1.807, 2.05) is 24.3 Å². The van der Waals surface area contributed by atoms with E-state index in [2.05, 4.69) is 15.4 Å². The second kappa shape index (κ2) is 6.07. The lowest BCUT2D eigenvalue weighted by atomic mass is 10.2. The lowest BCUT2D eigenvalue weighted by molar-refractivity contribution is -0.117. The third kappa shape index (κ3) is 2.71. The van der Waals surface area contributed by atoms with Crippen LogP contribution < -0.4 is 11.0 Å². The number of nitrogens with one attached hydrogen (secondary N) is 1. The Kier molecular flexibility index (Phi) is 3.72. The molecule has 7 nitrogen and oxygen atoms in total. The molecule has 0 saturated carbocycles. The summed E-state index contributed by atoms with van der Waals surface area (Å²) < 4.78 is 15.7. The molecule has 0 fully saturated rings. The molecule has 2 heterocycles. The van der Waals surface area contributed by atoms with Crippen molar-refractivity contribution >= 4 is 28.1 Å². The average Bonchev–Trinajstić information content (AvgIpc) is 2.94. The van der Waals surface area contributed by atoms with Crippen LogP contribution in [-0.2, 0) is 11.3 Å². The van der Waals surface area contributed by atoms with E-state index in [-0.39, 0.29) is 12.4 Å². The van der Waals surface area contributed by atoms with Gasteiger partial charge in [-0.1, -0.05) is 12.1 Å². The highest BCUT2D eigenvalue weighted by molar-refractivity contribution is 5.92. The Labute approximate surface area is 146 Å². The van der Waals surface area contributed by atoms with Crippen LogP contribution in [-0.4, -0.2) is 25.1 Å². The van der Waals surface area contributed by atoms with Gasteiger partial charge in [0.05, 0.1) is 5.52 Å². The zero-order valence-electron chi connectivity index (χ0n) is 13.8. The fourth-order valence-corrected chi connectivity index (χ4v) is 2.77. The lowest BCUT2D eigenvalue weighted by Crippen LogP contribution is -2.28. The smallest absolute Gasteiger partial charge is 0.324 e. The molecule has 0 spiro atoms. The summed E-state index contributed by atoms with van der Waals surface area (Å²) in [6.45, 7) is 1.35. The van der Waals surface area contributed by atoms with Crippen LogP contribution in [0.3, 0.4) is 0 Å². The first kappa shape index (κ1) is 15.9. The number of halogens is 1. The summed E-state index contributed by atoms with van der Waals surface area (Å²) in [7, 11) is 0. The third-order valence-corrected chi connectivity index (χ3v) is 4.06. The maximum Gasteiger partial charge on any atom is 0.352 e. The number of rotatable bonds is 3. The van der Waals surface area contributed by atoms with Crippen molar-refractivity contribution in [3.05, 3.63) is 70.7 Å². The highest BCUT2D eigenvalue weighted by atomic mass is 19.1. The van der Waals surface area contributed by atoms with Crippen LogP contribution in [0, 0.1) is 12.7 Å². The molecule has 0 unspecified atom stereocenters. The Balaban J connectivity index is 1.65. The Bertz CT molecular complexity index is 1210. The number of carbonyl (C=O) groups excluding carboxylic acids is 1. The van der Waals surface area contributed by atoms with E-state index in [1.54, 1.807) is 6.92 Å². The molecule has 4 rings (SSSR count). The zero-order valence-corrected chi connectivity index (χ0v) is 13.8. The molecule has 0 aliphatic carbocycles. The number of anilines is 1. The maximum absolute atomic E-state index is 13.3. The van der Waals surface area contributed by atoms with Gasteiger partial charge in [-0.25, -0.2) is 23.3 Å². The van der Waals surface area contributed by atoms with Crippen LogP contribution in [0.5, 0.6) is 0 Å². The van der Waals surface area contributed by atoms with Crippen LogP contribution >= 0.6 is 0 Å². The number of nitrogens with zero attached hydrogens (tertiary/aromatic N) is 4. The normalized spacial score (nSPS) is 11.2. The zero-order chi connectivity index (χ0) is 18.3. The minimum atomic E-state index is -0.455. The van der Waals surface area contributed by atoms with Crippen molar-refractivity contribution in [3.63, 3.8) is 0 Å². The van der Waals surface area contributed by atoms with Crippen LogP contribution in [0.15, 0.2) is 53.6 Å². The van der Waals surface area contributed by atoms with Gasteiger partial charge in [-0.3, -0.25) is 4.79 Å². The summed E-state index contributed by atoms with van der Waals surface area (Å²) in [6.07, 6.45) is 1.39. The largest absolute Gasteiger partial charge is 0.352 e. The van der Waals surface area contributed by atoms with Crippen molar-refractivity contribution in [2.24, 2.45) is 0 Å². The topological polar surface area (TPSA) is 81.3 Å². The van der Waals surface area contributed by atoms with Crippen LogP contribution in [0.4, 0.5) is 10.1 Å². The molecule has 0 aliphatic rings. The molecule has 26 heavy (non-hydrogen) atoms. The average molecular weight is 351 g/mol. The van der Waals surface area contributed by atoms with E-state index in [4.69, 9.17) is 0 Å². The summed E-state index contributed by atoms with van der Waals surface area (Å²) in [6, 6.07) is 11.6. The van der Waals surface area contributed by atoms with Crippen molar-refractivity contribution in [1.29, 1.82) is 0 Å². The van der Waals surface area contributed by atoms with Gasteiger partial charge < -0.3 is 5.32 Å². The molecule has 0 saturated heterocycles. The number of hydrogen-bond acceptors (Lipinski definition) is 4. The number of amides is 1. The number of hydrogen-bond donors (Lipinski definition) is 1. The predicted octanol–water partition coefficient (Wildman–Crippen LogP) is 2.13. The molecule has 1 amide bonds. The number of para-hydroxylation sites is 1. The highest BCUT2D eigenvalue weighted by Crippen LogP contribution is 2.15. The summed E-state index contributed by atoms with van der Waals surface area (Å²) in [4.78, 5) is 28.9. The molecule has 0 atom stereocenters. The Morgan fingerprint density at radius 3 is 2.85 bits per heavy atom. The quantitative estimate of drug-likeness (QED) is 0.613. The Morgan fingerprint density at radius 1 is 1.23 bits per heavy atom. The van der Waals surface area contributed by atoms with Gasteiger partial charge >= 0.3 is 5.69 Å².